The molecule has 0 radical (unpaired) electrons. The molecule has 3 rings (SSSR count). The fourth-order valence-electron chi connectivity index (χ4n) is 1.49. The van der Waals surface area contributed by atoms with E-state index in [1.165, 1.54) is 16.7 Å². The first-order chi connectivity index (χ1) is 9.72. The zero-order valence-electron chi connectivity index (χ0n) is 12.7. The predicted octanol–water partition coefficient (Wildman–Crippen LogP) is 5.30. The molecule has 0 spiro atoms. The van der Waals surface area contributed by atoms with E-state index in [-0.39, 0.29) is 21.1 Å². The van der Waals surface area contributed by atoms with Crippen LogP contribution in [-0.2, 0) is 21.1 Å². The van der Waals surface area contributed by atoms with E-state index in [4.69, 9.17) is 0 Å². The van der Waals surface area contributed by atoms with Crippen LogP contribution < -0.4 is 0 Å². The second-order valence-corrected chi connectivity index (χ2v) is 4.48. The third-order valence-electron chi connectivity index (χ3n) is 2.98. The summed E-state index contributed by atoms with van der Waals surface area (Å²) in [6.45, 7) is 6.44. The summed E-state index contributed by atoms with van der Waals surface area (Å²) in [6, 6.07) is 29.3. The first kappa shape index (κ1) is 19.5. The summed E-state index contributed by atoms with van der Waals surface area (Å²) in [5.74, 6) is 0. The summed E-state index contributed by atoms with van der Waals surface area (Å²) in [4.78, 5) is 0. The quantitative estimate of drug-likeness (QED) is 0.403. The average Bonchev–Trinajstić information content (AvgIpc) is 2.83. The van der Waals surface area contributed by atoms with Gasteiger partial charge in [-0.15, -0.1) is 0 Å². The number of hydrogen-bond donors (Lipinski definition) is 0. The number of hydrogen-bond acceptors (Lipinski definition) is 0. The largest absolute Gasteiger partial charge is 0.210 e. The van der Waals surface area contributed by atoms with Gasteiger partial charge in [-0.1, -0.05) is 20.8 Å². The zero-order valence-corrected chi connectivity index (χ0v) is 15.0. The normalized spacial score (nSPS) is 8.33. The standard InChI is InChI=1S/C8H11.2C6H5.Pt/c1-6-4-5-7(2)8(6)3;2*1-2-4-6-5-3-1;/h4-5H,1-3H3;2*1-5H;/q3*-1;. The Morgan fingerprint density at radius 3 is 1.29 bits per heavy atom. The van der Waals surface area contributed by atoms with E-state index in [0.717, 1.165) is 0 Å². The van der Waals surface area contributed by atoms with Gasteiger partial charge < -0.3 is 0 Å². The minimum absolute atomic E-state index is 0. The minimum Gasteiger partial charge on any atom is -0.210 e. The minimum atomic E-state index is 0. The molecule has 0 aliphatic rings. The Balaban J connectivity index is 0.000000283. The van der Waals surface area contributed by atoms with Crippen LogP contribution in [0.4, 0.5) is 0 Å². The van der Waals surface area contributed by atoms with Gasteiger partial charge in [-0.25, -0.2) is 6.07 Å². The topological polar surface area (TPSA) is 0 Å². The maximum atomic E-state index is 2.89. The molecule has 0 aliphatic carbocycles. The van der Waals surface area contributed by atoms with E-state index in [9.17, 15) is 0 Å². The molecule has 0 bridgehead atoms. The van der Waals surface area contributed by atoms with Gasteiger partial charge >= 0.3 is 0 Å². The van der Waals surface area contributed by atoms with Crippen LogP contribution >= 0.6 is 0 Å². The molecule has 0 fully saturated rings. The second kappa shape index (κ2) is 12.2. The van der Waals surface area contributed by atoms with Crippen molar-refractivity contribution in [3.8, 4) is 0 Å². The first-order valence-electron chi connectivity index (χ1n) is 6.73. The Morgan fingerprint density at radius 2 is 1.19 bits per heavy atom. The van der Waals surface area contributed by atoms with Crippen LogP contribution in [0.3, 0.4) is 0 Å². The smallest absolute Gasteiger partial charge is 0 e. The Hall–Kier alpha value is -1.52. The number of rotatable bonds is 0. The van der Waals surface area contributed by atoms with Gasteiger partial charge in [-0.2, -0.15) is 95.6 Å². The molecule has 21 heavy (non-hydrogen) atoms. The fourth-order valence-corrected chi connectivity index (χ4v) is 1.49. The summed E-state index contributed by atoms with van der Waals surface area (Å²) in [7, 11) is 0. The molecule has 3 aromatic rings. The Labute approximate surface area is 143 Å². The molecule has 1 heteroatoms. The van der Waals surface area contributed by atoms with Crippen LogP contribution in [0.25, 0.3) is 0 Å². The Bertz CT molecular complexity index is 449. The molecule has 0 nitrogen and oxygen atoms in total. The van der Waals surface area contributed by atoms with Crippen molar-refractivity contribution in [2.45, 2.75) is 20.8 Å². The maximum Gasteiger partial charge on any atom is 0 e. The van der Waals surface area contributed by atoms with Gasteiger partial charge in [-0.3, -0.25) is 0 Å². The van der Waals surface area contributed by atoms with E-state index in [1.807, 2.05) is 60.7 Å². The molecule has 0 amide bonds. The molecule has 0 atom stereocenters. The van der Waals surface area contributed by atoms with Crippen LogP contribution in [-0.4, -0.2) is 0 Å². The van der Waals surface area contributed by atoms with Crippen molar-refractivity contribution < 1.29 is 21.1 Å². The van der Waals surface area contributed by atoms with Gasteiger partial charge in [-0.05, 0) is 0 Å². The van der Waals surface area contributed by atoms with E-state index >= 15 is 0 Å². The van der Waals surface area contributed by atoms with Gasteiger partial charge in [0, 0.05) is 21.1 Å². The van der Waals surface area contributed by atoms with Crippen LogP contribution in [0.2, 0.25) is 0 Å². The summed E-state index contributed by atoms with van der Waals surface area (Å²) >= 11 is 0. The van der Waals surface area contributed by atoms with Gasteiger partial charge in [0.1, 0.15) is 0 Å². The van der Waals surface area contributed by atoms with Crippen molar-refractivity contribution in [3.05, 3.63) is 102 Å². The van der Waals surface area contributed by atoms with Crippen molar-refractivity contribution in [3.63, 3.8) is 0 Å². The SMILES string of the molecule is Cc1cc[c-](C)c1C.[Pt].[c-]1ccccc1.[c-]1ccccc1. The van der Waals surface area contributed by atoms with Gasteiger partial charge in [0.15, 0.2) is 0 Å². The van der Waals surface area contributed by atoms with Crippen LogP contribution in [0.15, 0.2) is 72.8 Å². The maximum absolute atomic E-state index is 2.89. The van der Waals surface area contributed by atoms with Crippen molar-refractivity contribution >= 4 is 0 Å². The molecule has 3 aromatic carbocycles. The Kier molecular flexibility index (Phi) is 11.3. The molecule has 0 N–H and O–H groups in total. The summed E-state index contributed by atoms with van der Waals surface area (Å²) in [6.07, 6.45) is 0. The molecular formula is C20H21Pt-3. The fraction of sp³-hybridized carbons (Fsp3) is 0.150. The van der Waals surface area contributed by atoms with E-state index < -0.39 is 0 Å². The van der Waals surface area contributed by atoms with Crippen LogP contribution in [0, 0.1) is 32.9 Å². The Morgan fingerprint density at radius 1 is 0.762 bits per heavy atom. The van der Waals surface area contributed by atoms with E-state index in [2.05, 4.69) is 45.0 Å². The molecule has 0 aromatic heterocycles. The molecule has 0 heterocycles. The molecule has 0 saturated carbocycles. The molecular weight excluding hydrogens is 435 g/mol. The average molecular weight is 456 g/mol. The third-order valence-corrected chi connectivity index (χ3v) is 2.98. The molecule has 0 aliphatic heterocycles. The van der Waals surface area contributed by atoms with Crippen molar-refractivity contribution in [1.29, 1.82) is 0 Å². The third kappa shape index (κ3) is 9.10. The van der Waals surface area contributed by atoms with Crippen LogP contribution in [0.5, 0.6) is 0 Å². The molecule has 0 unspecified atom stereocenters. The van der Waals surface area contributed by atoms with E-state index in [1.54, 1.807) is 0 Å². The van der Waals surface area contributed by atoms with Gasteiger partial charge in [0.2, 0.25) is 0 Å². The van der Waals surface area contributed by atoms with Gasteiger partial charge in [0.25, 0.3) is 0 Å². The monoisotopic (exact) mass is 456 g/mol. The summed E-state index contributed by atoms with van der Waals surface area (Å²) in [5.41, 5.74) is 4.25. The van der Waals surface area contributed by atoms with Crippen LogP contribution in [0.1, 0.15) is 16.7 Å². The predicted molar refractivity (Wildman–Crippen MR) is 86.8 cm³/mol. The van der Waals surface area contributed by atoms with Gasteiger partial charge in [0.05, 0.1) is 0 Å². The van der Waals surface area contributed by atoms with Crippen molar-refractivity contribution in [2.75, 3.05) is 0 Å². The van der Waals surface area contributed by atoms with Crippen molar-refractivity contribution in [2.24, 2.45) is 0 Å². The number of aryl methyl sites for hydroxylation is 2. The zero-order chi connectivity index (χ0) is 14.6. The van der Waals surface area contributed by atoms with E-state index in [0.29, 0.717) is 0 Å². The number of benzene rings is 2. The van der Waals surface area contributed by atoms with Crippen molar-refractivity contribution in [1.82, 2.24) is 0 Å². The summed E-state index contributed by atoms with van der Waals surface area (Å²) in [5, 5.41) is 0. The molecule has 0 saturated heterocycles. The second-order valence-electron chi connectivity index (χ2n) is 4.48. The summed E-state index contributed by atoms with van der Waals surface area (Å²) < 4.78 is 0. The molecule has 114 valence electrons. The first-order valence-corrected chi connectivity index (χ1v) is 6.73.